The topological polar surface area (TPSA) is 97.6 Å². The molecular weight excluding hydrogens is 375 g/mol. The van der Waals surface area contributed by atoms with E-state index in [-0.39, 0.29) is 12.1 Å². The van der Waals surface area contributed by atoms with Gasteiger partial charge in [-0.15, -0.1) is 10.2 Å². The molecule has 0 aliphatic rings. The lowest BCUT2D eigenvalue weighted by Gasteiger charge is -2.09. The van der Waals surface area contributed by atoms with Gasteiger partial charge in [0.15, 0.2) is 5.82 Å². The molecule has 0 aromatic carbocycles. The monoisotopic (exact) mass is 391 g/mol. The number of nitrogens with zero attached hydrogens (tertiary/aromatic N) is 5. The zero-order valence-electron chi connectivity index (χ0n) is 14.7. The summed E-state index contributed by atoms with van der Waals surface area (Å²) in [6, 6.07) is 7.17. The number of aromatic nitrogens is 5. The zero-order valence-corrected chi connectivity index (χ0v) is 14.7. The van der Waals surface area contributed by atoms with Crippen LogP contribution in [0, 0.1) is 6.92 Å². The molecule has 0 radical (unpaired) electrons. The highest BCUT2D eigenvalue weighted by Crippen LogP contribution is 2.27. The van der Waals surface area contributed by atoms with Crippen LogP contribution < -0.4 is 10.6 Å². The van der Waals surface area contributed by atoms with Gasteiger partial charge in [0.05, 0.1) is 11.3 Å². The van der Waals surface area contributed by atoms with E-state index in [2.05, 4.69) is 30.9 Å². The van der Waals surface area contributed by atoms with Crippen LogP contribution in [0.25, 0.3) is 5.82 Å². The first kappa shape index (κ1) is 19.3. The summed E-state index contributed by atoms with van der Waals surface area (Å²) in [5.74, 6) is 0.568. The third-order valence-corrected chi connectivity index (χ3v) is 3.64. The minimum Gasteiger partial charge on any atom is -0.367 e. The van der Waals surface area contributed by atoms with Gasteiger partial charge in [-0.3, -0.25) is 9.78 Å². The number of pyridine rings is 1. The maximum atomic E-state index is 12.5. The zero-order chi connectivity index (χ0) is 20.1. The number of rotatable bonds is 6. The van der Waals surface area contributed by atoms with E-state index in [4.69, 9.17) is 0 Å². The van der Waals surface area contributed by atoms with Gasteiger partial charge in [0.25, 0.3) is 5.91 Å². The fourth-order valence-electron chi connectivity index (χ4n) is 2.25. The number of hydrogen-bond donors (Lipinski definition) is 2. The fourth-order valence-corrected chi connectivity index (χ4v) is 2.25. The third-order valence-electron chi connectivity index (χ3n) is 3.64. The van der Waals surface area contributed by atoms with E-state index < -0.39 is 17.8 Å². The highest BCUT2D eigenvalue weighted by atomic mass is 19.4. The molecule has 28 heavy (non-hydrogen) atoms. The summed E-state index contributed by atoms with van der Waals surface area (Å²) in [5.41, 5.74) is -0.132. The minimum absolute atomic E-state index is 0.0478. The summed E-state index contributed by atoms with van der Waals surface area (Å²) in [7, 11) is 0. The van der Waals surface area contributed by atoms with E-state index in [1.54, 1.807) is 23.0 Å². The molecule has 0 atom stereocenters. The van der Waals surface area contributed by atoms with Crippen LogP contribution in [0.4, 0.5) is 19.0 Å². The predicted octanol–water partition coefficient (Wildman–Crippen LogP) is 2.23. The Morgan fingerprint density at radius 2 is 1.93 bits per heavy atom. The first-order valence-corrected chi connectivity index (χ1v) is 8.24. The van der Waals surface area contributed by atoms with Crippen LogP contribution in [0.3, 0.4) is 0 Å². The number of carbonyl (C=O) groups is 1. The molecule has 1 amide bonds. The van der Waals surface area contributed by atoms with Gasteiger partial charge in [0.2, 0.25) is 0 Å². The lowest BCUT2D eigenvalue weighted by atomic mass is 10.2. The van der Waals surface area contributed by atoms with Crippen molar-refractivity contribution >= 4 is 11.7 Å². The molecule has 146 valence electrons. The average Bonchev–Trinajstić information content (AvgIpc) is 3.11. The van der Waals surface area contributed by atoms with Gasteiger partial charge in [-0.25, -0.2) is 4.68 Å². The Morgan fingerprint density at radius 1 is 1.11 bits per heavy atom. The molecule has 8 nitrogen and oxygen atoms in total. The van der Waals surface area contributed by atoms with Crippen LogP contribution in [0.2, 0.25) is 0 Å². The van der Waals surface area contributed by atoms with Crippen molar-refractivity contribution in [3.63, 3.8) is 0 Å². The second kappa shape index (κ2) is 8.03. The molecular formula is C17H16F3N7O. The van der Waals surface area contributed by atoms with Crippen LogP contribution in [0.15, 0.2) is 42.7 Å². The molecule has 0 spiro atoms. The quantitative estimate of drug-likeness (QED) is 0.626. The molecule has 2 N–H and O–H groups in total. The van der Waals surface area contributed by atoms with Gasteiger partial charge in [0, 0.05) is 25.5 Å². The maximum Gasteiger partial charge on any atom is 0.433 e. The summed E-state index contributed by atoms with van der Waals surface area (Å²) in [6.07, 6.45) is -1.86. The molecule has 0 aliphatic heterocycles. The van der Waals surface area contributed by atoms with Crippen molar-refractivity contribution in [2.24, 2.45) is 0 Å². The van der Waals surface area contributed by atoms with Gasteiger partial charge in [-0.05, 0) is 37.3 Å². The van der Waals surface area contributed by atoms with Crippen LogP contribution in [-0.2, 0) is 6.18 Å². The molecule has 11 heteroatoms. The summed E-state index contributed by atoms with van der Waals surface area (Å²) in [4.78, 5) is 15.2. The number of hydrogen-bond acceptors (Lipinski definition) is 6. The summed E-state index contributed by atoms with van der Waals surface area (Å²) < 4.78 is 39.0. The molecule has 0 aliphatic carbocycles. The van der Waals surface area contributed by atoms with Crippen molar-refractivity contribution in [3.8, 4) is 5.82 Å². The predicted molar refractivity (Wildman–Crippen MR) is 94.0 cm³/mol. The second-order valence-electron chi connectivity index (χ2n) is 5.79. The molecule has 3 aromatic heterocycles. The van der Waals surface area contributed by atoms with E-state index in [9.17, 15) is 18.0 Å². The standard InChI is InChI=1S/C17H16F3N7O/c1-11-6-9-27(26-11)15-5-4-14(24-25-15)21-7-8-22-16(28)12-2-3-13(23-10-12)17(18,19)20/h2-6,9-10H,7-8H2,1H3,(H,21,24)(H,22,28). The summed E-state index contributed by atoms with van der Waals surface area (Å²) in [5, 5.41) is 17.9. The fraction of sp³-hybridized carbons (Fsp3) is 0.235. The highest BCUT2D eigenvalue weighted by molar-refractivity contribution is 5.93. The molecule has 0 fully saturated rings. The largest absolute Gasteiger partial charge is 0.433 e. The lowest BCUT2D eigenvalue weighted by Crippen LogP contribution is -2.29. The van der Waals surface area contributed by atoms with Crippen molar-refractivity contribution in [2.75, 3.05) is 18.4 Å². The van der Waals surface area contributed by atoms with E-state index in [0.29, 0.717) is 18.2 Å². The van der Waals surface area contributed by atoms with Gasteiger partial charge < -0.3 is 10.6 Å². The van der Waals surface area contributed by atoms with Crippen LogP contribution in [-0.4, -0.2) is 44.0 Å². The van der Waals surface area contributed by atoms with Crippen LogP contribution in [0.1, 0.15) is 21.7 Å². The third kappa shape index (κ3) is 4.81. The number of nitrogens with one attached hydrogen (secondary N) is 2. The average molecular weight is 391 g/mol. The molecule has 3 rings (SSSR count). The molecule has 0 saturated heterocycles. The molecule has 0 unspecified atom stereocenters. The Morgan fingerprint density at radius 3 is 2.50 bits per heavy atom. The van der Waals surface area contributed by atoms with Crippen LogP contribution in [0.5, 0.6) is 0 Å². The second-order valence-corrected chi connectivity index (χ2v) is 5.79. The number of amides is 1. The maximum absolute atomic E-state index is 12.5. The SMILES string of the molecule is Cc1ccn(-c2ccc(NCCNC(=O)c3ccc(C(F)(F)F)nc3)nn2)n1. The Kier molecular flexibility index (Phi) is 5.52. The summed E-state index contributed by atoms with van der Waals surface area (Å²) >= 11 is 0. The van der Waals surface area contributed by atoms with Crippen molar-refractivity contribution in [1.82, 2.24) is 30.3 Å². The molecule has 0 bridgehead atoms. The molecule has 3 heterocycles. The summed E-state index contributed by atoms with van der Waals surface area (Å²) in [6.45, 7) is 2.46. The van der Waals surface area contributed by atoms with E-state index in [0.717, 1.165) is 24.0 Å². The number of halogens is 3. The van der Waals surface area contributed by atoms with Gasteiger partial charge in [-0.1, -0.05) is 0 Å². The Labute approximate surface area is 157 Å². The lowest BCUT2D eigenvalue weighted by molar-refractivity contribution is -0.141. The van der Waals surface area contributed by atoms with Crippen molar-refractivity contribution in [2.45, 2.75) is 13.1 Å². The smallest absolute Gasteiger partial charge is 0.367 e. The first-order chi connectivity index (χ1) is 13.3. The number of anilines is 1. The minimum atomic E-state index is -4.54. The highest BCUT2D eigenvalue weighted by Gasteiger charge is 2.32. The van der Waals surface area contributed by atoms with Crippen LogP contribution >= 0.6 is 0 Å². The Balaban J connectivity index is 1.45. The van der Waals surface area contributed by atoms with Gasteiger partial charge in [-0.2, -0.15) is 18.3 Å². The molecule has 3 aromatic rings. The van der Waals surface area contributed by atoms with Crippen molar-refractivity contribution < 1.29 is 18.0 Å². The Bertz CT molecular complexity index is 937. The van der Waals surface area contributed by atoms with Crippen molar-refractivity contribution in [1.29, 1.82) is 0 Å². The van der Waals surface area contributed by atoms with E-state index in [1.807, 2.05) is 13.0 Å². The van der Waals surface area contributed by atoms with E-state index >= 15 is 0 Å². The normalized spacial score (nSPS) is 11.3. The number of alkyl halides is 3. The Hall–Kier alpha value is -3.50. The van der Waals surface area contributed by atoms with E-state index in [1.165, 1.54) is 0 Å². The van der Waals surface area contributed by atoms with Gasteiger partial charge >= 0.3 is 6.18 Å². The number of aryl methyl sites for hydroxylation is 1. The molecule has 0 saturated carbocycles. The first-order valence-electron chi connectivity index (χ1n) is 8.24. The number of carbonyl (C=O) groups excluding carboxylic acids is 1. The van der Waals surface area contributed by atoms with Gasteiger partial charge in [0.1, 0.15) is 11.5 Å². The van der Waals surface area contributed by atoms with Crippen molar-refractivity contribution in [3.05, 3.63) is 59.7 Å².